The summed E-state index contributed by atoms with van der Waals surface area (Å²) in [7, 11) is 0. The van der Waals surface area contributed by atoms with Crippen LogP contribution in [0.3, 0.4) is 0 Å². The number of rotatable bonds is 11. The molecule has 0 aromatic heterocycles. The third-order valence-electron chi connectivity index (χ3n) is 9.94. The van der Waals surface area contributed by atoms with Crippen LogP contribution in [0.25, 0.3) is 22.3 Å². The highest BCUT2D eigenvalue weighted by atomic mass is 79.9. The average Bonchev–Trinajstić information content (AvgIpc) is 3.31. The summed E-state index contributed by atoms with van der Waals surface area (Å²) in [4.78, 5) is 11.5. The van der Waals surface area contributed by atoms with Crippen LogP contribution in [0.15, 0.2) is 180 Å². The molecule has 0 spiro atoms. The van der Waals surface area contributed by atoms with Gasteiger partial charge < -0.3 is 31.3 Å². The summed E-state index contributed by atoms with van der Waals surface area (Å²) in [6.07, 6.45) is 0. The number of hydrogen-bond donors (Lipinski definition) is 6. The lowest BCUT2D eigenvalue weighted by molar-refractivity contribution is 0.0698. The first kappa shape index (κ1) is 46.3. The molecular formula is C53H45BrF3N3O4. The Morgan fingerprint density at radius 1 is 0.469 bits per heavy atom. The molecule has 6 N–H and O–H groups in total. The fourth-order valence-electron chi connectivity index (χ4n) is 6.44. The van der Waals surface area contributed by atoms with Gasteiger partial charge in [-0.05, 0) is 174 Å². The van der Waals surface area contributed by atoms with Crippen molar-refractivity contribution in [3.63, 3.8) is 0 Å². The first-order chi connectivity index (χ1) is 30.9. The minimum absolute atomic E-state index is 0.0282. The van der Waals surface area contributed by atoms with E-state index < -0.39 is 5.97 Å². The van der Waals surface area contributed by atoms with Crippen molar-refractivity contribution in [3.05, 3.63) is 226 Å². The maximum Gasteiger partial charge on any atom is 0.337 e. The maximum absolute atomic E-state index is 13.0. The molecule has 0 saturated heterocycles. The van der Waals surface area contributed by atoms with Gasteiger partial charge in [0.05, 0.1) is 24.5 Å². The zero-order valence-corrected chi connectivity index (χ0v) is 36.5. The van der Waals surface area contributed by atoms with Gasteiger partial charge in [-0.15, -0.1) is 0 Å². The van der Waals surface area contributed by atoms with E-state index in [0.29, 0.717) is 11.4 Å². The number of aliphatic hydroxyl groups excluding tert-OH is 2. The third-order valence-corrected chi connectivity index (χ3v) is 10.4. The van der Waals surface area contributed by atoms with Crippen molar-refractivity contribution in [2.75, 3.05) is 16.0 Å². The van der Waals surface area contributed by atoms with Gasteiger partial charge in [0.1, 0.15) is 17.5 Å². The predicted molar refractivity (Wildman–Crippen MR) is 255 cm³/mol. The summed E-state index contributed by atoms with van der Waals surface area (Å²) in [5.41, 5.74) is 12.5. The van der Waals surface area contributed by atoms with Crippen LogP contribution in [-0.4, -0.2) is 21.3 Å². The van der Waals surface area contributed by atoms with Crippen molar-refractivity contribution < 1.29 is 33.3 Å². The SMILES string of the molecule is Cc1ccc(-c2cccc(CO)c2)cc1Nc1ccc(F)cc1.Cc1ccc(Br)cc1Nc1ccc(F)cc1.O=C(O)c1ccc(-c2cccc(CO)c2)cc1Nc1ccc(F)cc1. The van der Waals surface area contributed by atoms with E-state index in [-0.39, 0.29) is 36.2 Å². The van der Waals surface area contributed by atoms with Gasteiger partial charge >= 0.3 is 5.97 Å². The minimum atomic E-state index is -1.06. The fraction of sp³-hybridized carbons (Fsp3) is 0.0755. The Morgan fingerprint density at radius 2 is 0.844 bits per heavy atom. The second-order valence-corrected chi connectivity index (χ2v) is 15.6. The molecule has 8 aromatic rings. The van der Waals surface area contributed by atoms with E-state index in [1.54, 1.807) is 48.5 Å². The van der Waals surface area contributed by atoms with Gasteiger partial charge in [-0.3, -0.25) is 0 Å². The van der Waals surface area contributed by atoms with Gasteiger partial charge in [0.25, 0.3) is 0 Å². The number of nitrogens with one attached hydrogen (secondary N) is 3. The number of aliphatic hydroxyl groups is 2. The number of anilines is 6. The van der Waals surface area contributed by atoms with E-state index in [9.17, 15) is 33.3 Å². The molecule has 64 heavy (non-hydrogen) atoms. The maximum atomic E-state index is 13.0. The Morgan fingerprint density at radius 3 is 1.28 bits per heavy atom. The molecule has 0 atom stereocenters. The van der Waals surface area contributed by atoms with Gasteiger partial charge in [-0.2, -0.15) is 0 Å². The second kappa shape index (κ2) is 22.3. The normalized spacial score (nSPS) is 10.4. The highest BCUT2D eigenvalue weighted by Gasteiger charge is 2.13. The van der Waals surface area contributed by atoms with Crippen molar-refractivity contribution in [2.24, 2.45) is 0 Å². The first-order valence-corrected chi connectivity index (χ1v) is 20.9. The molecule has 0 aliphatic rings. The lowest BCUT2D eigenvalue weighted by atomic mass is 10.0. The molecule has 0 amide bonds. The van der Waals surface area contributed by atoms with Crippen LogP contribution in [0.5, 0.6) is 0 Å². The van der Waals surface area contributed by atoms with E-state index in [1.807, 2.05) is 86.6 Å². The lowest BCUT2D eigenvalue weighted by Crippen LogP contribution is -2.03. The second-order valence-electron chi connectivity index (χ2n) is 14.7. The summed E-state index contributed by atoms with van der Waals surface area (Å²) in [5.74, 6) is -1.89. The van der Waals surface area contributed by atoms with E-state index in [2.05, 4.69) is 44.0 Å². The van der Waals surface area contributed by atoms with Gasteiger partial charge in [-0.25, -0.2) is 18.0 Å². The average molecular weight is 925 g/mol. The van der Waals surface area contributed by atoms with Crippen molar-refractivity contribution in [1.82, 2.24) is 0 Å². The molecule has 8 rings (SSSR count). The topological polar surface area (TPSA) is 114 Å². The molecule has 0 radical (unpaired) electrons. The van der Waals surface area contributed by atoms with E-state index in [1.165, 1.54) is 42.5 Å². The van der Waals surface area contributed by atoms with Gasteiger partial charge in [-0.1, -0.05) is 76.6 Å². The zero-order chi connectivity index (χ0) is 45.6. The molecular weight excluding hydrogens is 879 g/mol. The quantitative estimate of drug-likeness (QED) is 0.0766. The van der Waals surface area contributed by atoms with E-state index in [4.69, 9.17) is 0 Å². The molecule has 7 nitrogen and oxygen atoms in total. The Bertz CT molecular complexity index is 2820. The number of hydrogen-bond acceptors (Lipinski definition) is 6. The van der Waals surface area contributed by atoms with Gasteiger partial charge in [0.15, 0.2) is 0 Å². The number of carboxylic acid groups (broad SMARTS) is 1. The molecule has 324 valence electrons. The van der Waals surface area contributed by atoms with Crippen LogP contribution in [0.2, 0.25) is 0 Å². The van der Waals surface area contributed by atoms with Crippen LogP contribution >= 0.6 is 15.9 Å². The Balaban J connectivity index is 0.000000163. The highest BCUT2D eigenvalue weighted by Crippen LogP contribution is 2.31. The summed E-state index contributed by atoms with van der Waals surface area (Å²) < 4.78 is 39.8. The zero-order valence-electron chi connectivity index (χ0n) is 34.9. The van der Waals surface area contributed by atoms with Crippen LogP contribution in [0.1, 0.15) is 32.6 Å². The van der Waals surface area contributed by atoms with Crippen molar-refractivity contribution in [2.45, 2.75) is 27.1 Å². The lowest BCUT2D eigenvalue weighted by Gasteiger charge is -2.12. The molecule has 8 aromatic carbocycles. The standard InChI is InChI=1S/C20H16FNO3.C20H18FNO.C13H11BrFN/c21-16-5-7-17(8-6-16)22-19-11-15(4-9-18(19)20(24)25)14-3-1-2-13(10-14)12-23;1-14-5-6-17(16-4-2-3-15(11-16)13-23)12-20(14)22-19-9-7-18(21)8-10-19;1-9-2-3-10(14)8-13(9)16-12-6-4-11(15)5-7-12/h1-11,22-23H,12H2,(H,24,25);2-12,22-23H,13H2,1H3;2-8,16H,1H3. The van der Waals surface area contributed by atoms with Crippen molar-refractivity contribution >= 4 is 56.0 Å². The minimum Gasteiger partial charge on any atom is -0.478 e. The number of carboxylic acids is 1. The van der Waals surface area contributed by atoms with Gasteiger partial charge in [0.2, 0.25) is 0 Å². The largest absolute Gasteiger partial charge is 0.478 e. The molecule has 0 bridgehead atoms. The predicted octanol–water partition coefficient (Wildman–Crippen LogP) is 14.1. The summed E-state index contributed by atoms with van der Waals surface area (Å²) in [6.45, 7) is 4.01. The monoisotopic (exact) mass is 923 g/mol. The highest BCUT2D eigenvalue weighted by molar-refractivity contribution is 9.10. The molecule has 0 aliphatic heterocycles. The molecule has 0 heterocycles. The Labute approximate surface area is 378 Å². The fourth-order valence-corrected chi connectivity index (χ4v) is 6.80. The number of carbonyl (C=O) groups is 1. The third kappa shape index (κ3) is 13.2. The molecule has 0 saturated carbocycles. The van der Waals surface area contributed by atoms with Crippen molar-refractivity contribution in [1.29, 1.82) is 0 Å². The van der Waals surface area contributed by atoms with Crippen LogP contribution in [-0.2, 0) is 13.2 Å². The first-order valence-electron chi connectivity index (χ1n) is 20.1. The summed E-state index contributed by atoms with van der Waals surface area (Å²) in [5, 5.41) is 37.5. The number of halogens is 4. The van der Waals surface area contributed by atoms with E-state index in [0.717, 1.165) is 71.7 Å². The summed E-state index contributed by atoms with van der Waals surface area (Å²) >= 11 is 3.42. The number of aromatic carboxylic acids is 1. The Kier molecular flexibility index (Phi) is 16.1. The van der Waals surface area contributed by atoms with Crippen LogP contribution in [0.4, 0.5) is 47.3 Å². The van der Waals surface area contributed by atoms with Crippen LogP contribution < -0.4 is 16.0 Å². The van der Waals surface area contributed by atoms with E-state index >= 15 is 0 Å². The molecule has 0 fully saturated rings. The molecule has 0 aliphatic carbocycles. The van der Waals surface area contributed by atoms with Crippen LogP contribution in [0, 0.1) is 31.3 Å². The smallest absolute Gasteiger partial charge is 0.337 e. The summed E-state index contributed by atoms with van der Waals surface area (Å²) in [6, 6.07) is 50.7. The molecule has 0 unspecified atom stereocenters. The number of aryl methyl sites for hydroxylation is 2. The number of benzene rings is 8. The van der Waals surface area contributed by atoms with Gasteiger partial charge in [0, 0.05) is 32.9 Å². The molecule has 11 heteroatoms. The Hall–Kier alpha value is -7.18. The van der Waals surface area contributed by atoms with Crippen molar-refractivity contribution in [3.8, 4) is 22.3 Å².